The van der Waals surface area contributed by atoms with Gasteiger partial charge in [0.05, 0.1) is 5.56 Å². The van der Waals surface area contributed by atoms with Crippen molar-refractivity contribution in [1.29, 1.82) is 0 Å². The van der Waals surface area contributed by atoms with Crippen LogP contribution in [0.15, 0.2) is 53.4 Å². The van der Waals surface area contributed by atoms with Crippen LogP contribution in [-0.2, 0) is 4.74 Å². The van der Waals surface area contributed by atoms with Gasteiger partial charge in [0.1, 0.15) is 11.9 Å². The summed E-state index contributed by atoms with van der Waals surface area (Å²) in [5, 5.41) is 0. The summed E-state index contributed by atoms with van der Waals surface area (Å²) in [6.45, 7) is 1.79. The summed E-state index contributed by atoms with van der Waals surface area (Å²) in [5.41, 5.74) is 1.19. The zero-order chi connectivity index (χ0) is 13.8. The third kappa shape index (κ3) is 3.35. The first-order chi connectivity index (χ1) is 9.08. The van der Waals surface area contributed by atoms with E-state index in [1.165, 1.54) is 18.2 Å². The third-order valence-electron chi connectivity index (χ3n) is 2.73. The zero-order valence-corrected chi connectivity index (χ0v) is 11.2. The molecule has 0 N–H and O–H groups in total. The van der Waals surface area contributed by atoms with Crippen molar-refractivity contribution in [2.24, 2.45) is 0 Å². The van der Waals surface area contributed by atoms with Crippen LogP contribution in [0.1, 0.15) is 28.9 Å². The van der Waals surface area contributed by atoms with Gasteiger partial charge < -0.3 is 4.74 Å². The smallest absolute Gasteiger partial charge is 0.338 e. The number of thiol groups is 1. The second-order valence-electron chi connectivity index (χ2n) is 4.12. The highest BCUT2D eigenvalue weighted by Crippen LogP contribution is 2.20. The molecule has 2 aromatic rings. The molecule has 1 unspecified atom stereocenters. The van der Waals surface area contributed by atoms with Gasteiger partial charge in [-0.1, -0.05) is 30.3 Å². The molecule has 0 aliphatic rings. The normalized spacial score (nSPS) is 11.9. The lowest BCUT2D eigenvalue weighted by Gasteiger charge is -2.13. The molecule has 0 aromatic heterocycles. The molecular formula is C15H13FO2S. The van der Waals surface area contributed by atoms with Crippen LogP contribution in [0.3, 0.4) is 0 Å². The molecular weight excluding hydrogens is 263 g/mol. The molecule has 0 saturated carbocycles. The van der Waals surface area contributed by atoms with E-state index in [-0.39, 0.29) is 16.6 Å². The van der Waals surface area contributed by atoms with Crippen molar-refractivity contribution in [1.82, 2.24) is 0 Å². The van der Waals surface area contributed by atoms with Crippen LogP contribution in [0.2, 0.25) is 0 Å². The molecule has 0 bridgehead atoms. The van der Waals surface area contributed by atoms with Crippen LogP contribution in [0.5, 0.6) is 0 Å². The minimum absolute atomic E-state index is 0.127. The lowest BCUT2D eigenvalue weighted by molar-refractivity contribution is 0.0337. The molecule has 2 nitrogen and oxygen atoms in total. The predicted molar refractivity (Wildman–Crippen MR) is 73.9 cm³/mol. The van der Waals surface area contributed by atoms with Gasteiger partial charge in [-0.2, -0.15) is 0 Å². The molecule has 0 saturated heterocycles. The van der Waals surface area contributed by atoms with E-state index in [9.17, 15) is 9.18 Å². The van der Waals surface area contributed by atoms with E-state index in [1.54, 1.807) is 6.92 Å². The van der Waals surface area contributed by atoms with Gasteiger partial charge in [0.2, 0.25) is 0 Å². The lowest BCUT2D eigenvalue weighted by Crippen LogP contribution is -2.09. The van der Waals surface area contributed by atoms with Crippen LogP contribution >= 0.6 is 12.6 Å². The molecule has 19 heavy (non-hydrogen) atoms. The quantitative estimate of drug-likeness (QED) is 0.676. The summed E-state index contributed by atoms with van der Waals surface area (Å²) in [6.07, 6.45) is -0.359. The molecule has 98 valence electrons. The minimum atomic E-state index is -0.494. The average molecular weight is 276 g/mol. The fraction of sp³-hybridized carbons (Fsp3) is 0.133. The first-order valence-corrected chi connectivity index (χ1v) is 6.27. The Balaban J connectivity index is 2.11. The van der Waals surface area contributed by atoms with E-state index in [4.69, 9.17) is 4.74 Å². The van der Waals surface area contributed by atoms with Crippen molar-refractivity contribution in [3.63, 3.8) is 0 Å². The highest BCUT2D eigenvalue weighted by atomic mass is 32.1. The minimum Gasteiger partial charge on any atom is -0.454 e. The molecule has 0 fully saturated rings. The average Bonchev–Trinajstić information content (AvgIpc) is 2.42. The van der Waals surface area contributed by atoms with Gasteiger partial charge in [0, 0.05) is 4.90 Å². The molecule has 0 heterocycles. The number of benzene rings is 2. The Kier molecular flexibility index (Phi) is 4.22. The molecule has 1 atom stereocenters. The Morgan fingerprint density at radius 3 is 2.53 bits per heavy atom. The molecule has 2 aromatic carbocycles. The van der Waals surface area contributed by atoms with Gasteiger partial charge in [-0.15, -0.1) is 12.6 Å². The number of esters is 1. The Labute approximate surface area is 116 Å². The standard InChI is InChI=1S/C15H13FO2S/c1-10(11-5-3-2-4-6-11)18-15(17)12-7-8-13(16)14(19)9-12/h2-10,19H,1H3. The van der Waals surface area contributed by atoms with Gasteiger partial charge in [-0.3, -0.25) is 0 Å². The molecule has 0 amide bonds. The maximum absolute atomic E-state index is 13.1. The number of hydrogen-bond donors (Lipinski definition) is 1. The Morgan fingerprint density at radius 1 is 1.21 bits per heavy atom. The van der Waals surface area contributed by atoms with Gasteiger partial charge in [-0.25, -0.2) is 9.18 Å². The van der Waals surface area contributed by atoms with E-state index < -0.39 is 11.8 Å². The highest BCUT2D eigenvalue weighted by molar-refractivity contribution is 7.80. The largest absolute Gasteiger partial charge is 0.454 e. The Bertz CT molecular complexity index is 584. The maximum atomic E-state index is 13.1. The van der Waals surface area contributed by atoms with Crippen LogP contribution in [0.25, 0.3) is 0 Å². The first-order valence-electron chi connectivity index (χ1n) is 5.82. The van der Waals surface area contributed by atoms with E-state index in [0.717, 1.165) is 5.56 Å². The number of rotatable bonds is 3. The van der Waals surface area contributed by atoms with Gasteiger partial charge >= 0.3 is 5.97 Å². The first kappa shape index (κ1) is 13.6. The summed E-state index contributed by atoms with van der Waals surface area (Å²) in [4.78, 5) is 12.0. The molecule has 0 radical (unpaired) electrons. The molecule has 0 aliphatic carbocycles. The van der Waals surface area contributed by atoms with Crippen molar-refractivity contribution in [2.45, 2.75) is 17.9 Å². The van der Waals surface area contributed by atoms with Crippen molar-refractivity contribution >= 4 is 18.6 Å². The van der Waals surface area contributed by atoms with Crippen molar-refractivity contribution in [2.75, 3.05) is 0 Å². The Morgan fingerprint density at radius 2 is 1.89 bits per heavy atom. The predicted octanol–water partition coefficient (Wildman–Crippen LogP) is 4.03. The summed E-state index contributed by atoms with van der Waals surface area (Å²) < 4.78 is 18.4. The van der Waals surface area contributed by atoms with E-state index in [2.05, 4.69) is 12.6 Å². The van der Waals surface area contributed by atoms with E-state index in [0.29, 0.717) is 0 Å². The van der Waals surface area contributed by atoms with Crippen LogP contribution in [0, 0.1) is 5.82 Å². The number of carbonyl (C=O) groups excluding carboxylic acids is 1. The number of carbonyl (C=O) groups is 1. The van der Waals surface area contributed by atoms with Crippen molar-refractivity contribution in [3.8, 4) is 0 Å². The van der Waals surface area contributed by atoms with Crippen molar-refractivity contribution < 1.29 is 13.9 Å². The highest BCUT2D eigenvalue weighted by Gasteiger charge is 2.14. The molecule has 0 aliphatic heterocycles. The Hall–Kier alpha value is -1.81. The van der Waals surface area contributed by atoms with Crippen LogP contribution in [-0.4, -0.2) is 5.97 Å². The fourth-order valence-electron chi connectivity index (χ4n) is 1.66. The third-order valence-corrected chi connectivity index (χ3v) is 3.08. The van der Waals surface area contributed by atoms with Gasteiger partial charge in [0.15, 0.2) is 0 Å². The number of ether oxygens (including phenoxy) is 1. The lowest BCUT2D eigenvalue weighted by atomic mass is 10.1. The monoisotopic (exact) mass is 276 g/mol. The van der Waals surface area contributed by atoms with E-state index >= 15 is 0 Å². The van der Waals surface area contributed by atoms with Gasteiger partial charge in [0.25, 0.3) is 0 Å². The van der Waals surface area contributed by atoms with Crippen LogP contribution < -0.4 is 0 Å². The second-order valence-corrected chi connectivity index (χ2v) is 4.61. The summed E-state index contributed by atoms with van der Waals surface area (Å²) in [5.74, 6) is -0.956. The summed E-state index contributed by atoms with van der Waals surface area (Å²) >= 11 is 3.94. The molecule has 2 rings (SSSR count). The second kappa shape index (κ2) is 5.89. The maximum Gasteiger partial charge on any atom is 0.338 e. The van der Waals surface area contributed by atoms with E-state index in [1.807, 2.05) is 30.3 Å². The van der Waals surface area contributed by atoms with Crippen LogP contribution in [0.4, 0.5) is 4.39 Å². The summed E-state index contributed by atoms with van der Waals surface area (Å²) in [7, 11) is 0. The number of hydrogen-bond acceptors (Lipinski definition) is 3. The van der Waals surface area contributed by atoms with Crippen molar-refractivity contribution in [3.05, 3.63) is 65.5 Å². The molecule has 4 heteroatoms. The van der Waals surface area contributed by atoms with Gasteiger partial charge in [-0.05, 0) is 30.7 Å². The zero-order valence-electron chi connectivity index (χ0n) is 10.3. The number of halogens is 1. The topological polar surface area (TPSA) is 26.3 Å². The molecule has 0 spiro atoms. The SMILES string of the molecule is CC(OC(=O)c1ccc(F)c(S)c1)c1ccccc1. The fourth-order valence-corrected chi connectivity index (χ4v) is 1.87. The summed E-state index contributed by atoms with van der Waals surface area (Å²) in [6, 6.07) is 13.4.